The lowest BCUT2D eigenvalue weighted by molar-refractivity contribution is 0.0238. The van der Waals surface area contributed by atoms with Gasteiger partial charge < -0.3 is 4.74 Å². The van der Waals surface area contributed by atoms with Gasteiger partial charge in [-0.25, -0.2) is 0 Å². The molecule has 1 saturated carbocycles. The normalized spacial score (nSPS) is 23.2. The van der Waals surface area contributed by atoms with Gasteiger partial charge >= 0.3 is 0 Å². The van der Waals surface area contributed by atoms with Crippen LogP contribution in [0.5, 0.6) is 0 Å². The summed E-state index contributed by atoms with van der Waals surface area (Å²) in [5, 5.41) is 0. The molecule has 1 aliphatic carbocycles. The summed E-state index contributed by atoms with van der Waals surface area (Å²) >= 11 is 0. The van der Waals surface area contributed by atoms with E-state index in [2.05, 4.69) is 36.7 Å². The van der Waals surface area contributed by atoms with Gasteiger partial charge in [0.15, 0.2) is 0 Å². The van der Waals surface area contributed by atoms with Gasteiger partial charge in [0.25, 0.3) is 0 Å². The van der Waals surface area contributed by atoms with Crippen LogP contribution in [-0.2, 0) is 17.6 Å². The van der Waals surface area contributed by atoms with Crippen LogP contribution >= 0.6 is 0 Å². The Kier molecular flexibility index (Phi) is 5.59. The van der Waals surface area contributed by atoms with Crippen molar-refractivity contribution in [2.24, 2.45) is 5.92 Å². The first-order valence-corrected chi connectivity index (χ1v) is 7.49. The highest BCUT2D eigenvalue weighted by atomic mass is 16.5. The lowest BCUT2D eigenvalue weighted by Gasteiger charge is -2.26. The summed E-state index contributed by atoms with van der Waals surface area (Å²) < 4.78 is 5.96. The molecule has 2 heteroatoms. The van der Waals surface area contributed by atoms with Gasteiger partial charge in [-0.2, -0.15) is 0 Å². The van der Waals surface area contributed by atoms with E-state index < -0.39 is 0 Å². The smallest absolute Gasteiger partial charge is 0.0575 e. The molecule has 0 saturated heterocycles. The fraction of sp³-hybridized carbons (Fsp3) is 0.588. The monoisotopic (exact) mass is 259 g/mol. The molecule has 1 aromatic heterocycles. The second kappa shape index (κ2) is 7.44. The number of aromatic nitrogens is 1. The van der Waals surface area contributed by atoms with Crippen molar-refractivity contribution in [2.45, 2.75) is 51.6 Å². The topological polar surface area (TPSA) is 22.1 Å². The van der Waals surface area contributed by atoms with E-state index in [1.165, 1.54) is 31.2 Å². The molecule has 0 N–H and O–H groups in total. The van der Waals surface area contributed by atoms with Gasteiger partial charge in [0.2, 0.25) is 0 Å². The summed E-state index contributed by atoms with van der Waals surface area (Å²) in [6.45, 7) is 6.82. The first-order valence-electron chi connectivity index (χ1n) is 7.49. The lowest BCUT2D eigenvalue weighted by Crippen LogP contribution is -2.21. The quantitative estimate of drug-likeness (QED) is 0.722. The van der Waals surface area contributed by atoms with E-state index in [-0.39, 0.29) is 0 Å². The maximum absolute atomic E-state index is 5.96. The van der Waals surface area contributed by atoms with Crippen LogP contribution in [0.4, 0.5) is 0 Å². The molecule has 0 atom stereocenters. The van der Waals surface area contributed by atoms with Crippen LogP contribution in [0.3, 0.4) is 0 Å². The number of hydrogen-bond acceptors (Lipinski definition) is 2. The summed E-state index contributed by atoms with van der Waals surface area (Å²) in [6, 6.07) is 4.29. The summed E-state index contributed by atoms with van der Waals surface area (Å²) in [5.74, 6) is 0.711. The molecule has 1 aromatic rings. The molecule has 0 aliphatic heterocycles. The molecule has 2 nitrogen and oxygen atoms in total. The maximum atomic E-state index is 5.96. The molecule has 1 heterocycles. The van der Waals surface area contributed by atoms with E-state index in [4.69, 9.17) is 4.74 Å². The number of rotatable bonds is 6. The minimum atomic E-state index is 0.450. The summed E-state index contributed by atoms with van der Waals surface area (Å²) in [5.41, 5.74) is 2.43. The third-order valence-electron chi connectivity index (χ3n) is 4.06. The average molecular weight is 259 g/mol. The highest BCUT2D eigenvalue weighted by molar-refractivity contribution is 5.13. The van der Waals surface area contributed by atoms with Gasteiger partial charge in [-0.15, -0.1) is 6.58 Å². The van der Waals surface area contributed by atoms with Crippen LogP contribution in [0.2, 0.25) is 0 Å². The third-order valence-corrected chi connectivity index (χ3v) is 4.06. The number of hydrogen-bond donors (Lipinski definition) is 0. The van der Waals surface area contributed by atoms with E-state index >= 15 is 0 Å². The van der Waals surface area contributed by atoms with Gasteiger partial charge in [-0.3, -0.25) is 4.98 Å². The van der Waals surface area contributed by atoms with Crippen molar-refractivity contribution in [3.63, 3.8) is 0 Å². The molecule has 19 heavy (non-hydrogen) atoms. The first kappa shape index (κ1) is 14.3. The molecule has 0 aromatic carbocycles. The Morgan fingerprint density at radius 3 is 2.68 bits per heavy atom. The summed E-state index contributed by atoms with van der Waals surface area (Å²) in [4.78, 5) is 4.46. The zero-order valence-corrected chi connectivity index (χ0v) is 12.0. The fourth-order valence-electron chi connectivity index (χ4n) is 2.63. The van der Waals surface area contributed by atoms with Gasteiger partial charge in [-0.1, -0.05) is 19.1 Å². The molecule has 1 fully saturated rings. The molecule has 0 radical (unpaired) electrons. The van der Waals surface area contributed by atoms with Crippen molar-refractivity contribution >= 4 is 0 Å². The SMILES string of the molecule is C=CC1CCC(OCCc2ccc(CC)cn2)CC1. The number of ether oxygens (including phenoxy) is 1. The maximum Gasteiger partial charge on any atom is 0.0575 e. The van der Waals surface area contributed by atoms with Crippen molar-refractivity contribution in [1.82, 2.24) is 4.98 Å². The predicted octanol–water partition coefficient (Wildman–Crippen LogP) is 3.95. The molecule has 104 valence electrons. The number of aryl methyl sites for hydroxylation is 1. The molecule has 0 unspecified atom stereocenters. The van der Waals surface area contributed by atoms with E-state index in [0.29, 0.717) is 12.0 Å². The fourth-order valence-corrected chi connectivity index (χ4v) is 2.63. The Bertz CT molecular complexity index is 377. The van der Waals surface area contributed by atoms with E-state index in [0.717, 1.165) is 25.1 Å². The third kappa shape index (κ3) is 4.46. The lowest BCUT2D eigenvalue weighted by atomic mass is 9.87. The van der Waals surface area contributed by atoms with Gasteiger partial charge in [0.05, 0.1) is 12.7 Å². The highest BCUT2D eigenvalue weighted by Crippen LogP contribution is 2.26. The van der Waals surface area contributed by atoms with Crippen LogP contribution < -0.4 is 0 Å². The minimum Gasteiger partial charge on any atom is -0.378 e. The predicted molar refractivity (Wildman–Crippen MR) is 79.2 cm³/mol. The van der Waals surface area contributed by atoms with Crippen molar-refractivity contribution in [3.8, 4) is 0 Å². The number of allylic oxidation sites excluding steroid dienone is 1. The van der Waals surface area contributed by atoms with Crippen molar-refractivity contribution in [3.05, 3.63) is 42.2 Å². The second-order valence-corrected chi connectivity index (χ2v) is 5.40. The average Bonchev–Trinajstić information content (AvgIpc) is 2.49. The number of nitrogens with zero attached hydrogens (tertiary/aromatic N) is 1. The molecular formula is C17H25NO. The van der Waals surface area contributed by atoms with E-state index in [9.17, 15) is 0 Å². The Labute approximate surface area is 116 Å². The second-order valence-electron chi connectivity index (χ2n) is 5.40. The zero-order chi connectivity index (χ0) is 13.5. The van der Waals surface area contributed by atoms with Crippen LogP contribution in [0.25, 0.3) is 0 Å². The summed E-state index contributed by atoms with van der Waals surface area (Å²) in [7, 11) is 0. The Balaban J connectivity index is 1.67. The van der Waals surface area contributed by atoms with Crippen LogP contribution in [0.15, 0.2) is 31.0 Å². The number of pyridine rings is 1. The Morgan fingerprint density at radius 1 is 1.32 bits per heavy atom. The van der Waals surface area contributed by atoms with Crippen molar-refractivity contribution in [2.75, 3.05) is 6.61 Å². The van der Waals surface area contributed by atoms with Gasteiger partial charge in [0, 0.05) is 18.3 Å². The van der Waals surface area contributed by atoms with Crippen LogP contribution in [0.1, 0.15) is 43.9 Å². The summed E-state index contributed by atoms with van der Waals surface area (Å²) in [6.07, 6.45) is 11.3. The minimum absolute atomic E-state index is 0.450. The molecule has 0 spiro atoms. The van der Waals surface area contributed by atoms with E-state index in [1.54, 1.807) is 0 Å². The zero-order valence-electron chi connectivity index (χ0n) is 12.0. The molecular weight excluding hydrogens is 234 g/mol. The molecule has 2 rings (SSSR count). The van der Waals surface area contributed by atoms with Crippen molar-refractivity contribution in [1.29, 1.82) is 0 Å². The largest absolute Gasteiger partial charge is 0.378 e. The molecule has 0 bridgehead atoms. The van der Waals surface area contributed by atoms with Crippen LogP contribution in [-0.4, -0.2) is 17.7 Å². The molecule has 0 amide bonds. The Morgan fingerprint density at radius 2 is 2.11 bits per heavy atom. The van der Waals surface area contributed by atoms with Crippen molar-refractivity contribution < 1.29 is 4.74 Å². The van der Waals surface area contributed by atoms with E-state index in [1.807, 2.05) is 6.20 Å². The van der Waals surface area contributed by atoms with Crippen LogP contribution in [0, 0.1) is 5.92 Å². The highest BCUT2D eigenvalue weighted by Gasteiger charge is 2.19. The standard InChI is InChI=1S/C17H25NO/c1-3-14-6-9-17(10-7-14)19-12-11-16-8-5-15(4-2)13-18-16/h3,5,8,13-14,17H,1,4,6-7,9-12H2,2H3. The molecule has 1 aliphatic rings. The Hall–Kier alpha value is -1.15. The van der Waals surface area contributed by atoms with Gasteiger partial charge in [-0.05, 0) is 49.7 Å². The van der Waals surface area contributed by atoms with Gasteiger partial charge in [0.1, 0.15) is 0 Å². The first-order chi connectivity index (χ1) is 9.31.